The summed E-state index contributed by atoms with van der Waals surface area (Å²) in [5, 5.41) is 24.7. The zero-order chi connectivity index (χ0) is 30.4. The summed E-state index contributed by atoms with van der Waals surface area (Å²) in [6.07, 6.45) is -15.1. The standard InChI is InChI=1S/C29H18F10O2/c30-24-12-4-8-20(16-24)26(41,19-7-3-11-23(15-19)29(37,38)39)25(40,17-5-1-9-21(13-17)27(31,32)33)18-6-2-10-22(14-18)28(34,35)36/h1-16,40-41H. The number of aliphatic hydroxyl groups is 2. The Kier molecular flexibility index (Phi) is 7.47. The highest BCUT2D eigenvalue weighted by atomic mass is 19.4. The van der Waals surface area contributed by atoms with Gasteiger partial charge < -0.3 is 10.2 Å². The Labute approximate surface area is 226 Å². The third-order valence-corrected chi connectivity index (χ3v) is 6.59. The predicted molar refractivity (Wildman–Crippen MR) is 127 cm³/mol. The van der Waals surface area contributed by atoms with Crippen molar-refractivity contribution in [3.05, 3.63) is 142 Å². The highest BCUT2D eigenvalue weighted by molar-refractivity contribution is 5.52. The van der Waals surface area contributed by atoms with Gasteiger partial charge in [-0.15, -0.1) is 0 Å². The SMILES string of the molecule is OC(c1cccc(F)c1)(c1cccc(C(F)(F)F)c1)C(O)(c1cccc(C(F)(F)F)c1)c1cccc(C(F)(F)F)c1. The van der Waals surface area contributed by atoms with Crippen molar-refractivity contribution in [2.24, 2.45) is 0 Å². The molecule has 41 heavy (non-hydrogen) atoms. The topological polar surface area (TPSA) is 40.5 Å². The molecule has 0 saturated carbocycles. The van der Waals surface area contributed by atoms with Crippen molar-refractivity contribution in [1.29, 1.82) is 0 Å². The van der Waals surface area contributed by atoms with Crippen LogP contribution in [0.1, 0.15) is 38.9 Å². The fourth-order valence-electron chi connectivity index (χ4n) is 4.64. The molecule has 2 N–H and O–H groups in total. The Morgan fingerprint density at radius 1 is 0.366 bits per heavy atom. The van der Waals surface area contributed by atoms with E-state index in [1.54, 1.807) is 0 Å². The van der Waals surface area contributed by atoms with E-state index >= 15 is 0 Å². The second-order valence-corrected chi connectivity index (χ2v) is 9.17. The molecule has 1 atom stereocenters. The van der Waals surface area contributed by atoms with Crippen molar-refractivity contribution in [1.82, 2.24) is 0 Å². The number of hydrogen-bond acceptors (Lipinski definition) is 2. The summed E-state index contributed by atoms with van der Waals surface area (Å²) >= 11 is 0. The van der Waals surface area contributed by atoms with Crippen LogP contribution >= 0.6 is 0 Å². The van der Waals surface area contributed by atoms with Crippen LogP contribution in [0.3, 0.4) is 0 Å². The summed E-state index contributed by atoms with van der Waals surface area (Å²) in [5.41, 5.74) is -13.9. The van der Waals surface area contributed by atoms with E-state index in [0.717, 1.165) is 54.6 Å². The van der Waals surface area contributed by atoms with E-state index in [4.69, 9.17) is 0 Å². The number of rotatable bonds is 5. The molecule has 4 aromatic carbocycles. The lowest BCUT2D eigenvalue weighted by molar-refractivity contribution is -0.141. The minimum absolute atomic E-state index is 0.345. The van der Waals surface area contributed by atoms with Gasteiger partial charge >= 0.3 is 18.5 Å². The van der Waals surface area contributed by atoms with Crippen LogP contribution in [0, 0.1) is 5.82 Å². The molecule has 0 aliphatic heterocycles. The quantitative estimate of drug-likeness (QED) is 0.232. The molecule has 0 aliphatic rings. The van der Waals surface area contributed by atoms with Gasteiger partial charge in [-0.3, -0.25) is 0 Å². The Morgan fingerprint density at radius 3 is 0.878 bits per heavy atom. The molecule has 0 bridgehead atoms. The van der Waals surface area contributed by atoms with Crippen molar-refractivity contribution in [2.45, 2.75) is 29.7 Å². The summed E-state index contributed by atoms with van der Waals surface area (Å²) < 4.78 is 138. The van der Waals surface area contributed by atoms with Crippen LogP contribution in [0.5, 0.6) is 0 Å². The summed E-state index contributed by atoms with van der Waals surface area (Å²) in [4.78, 5) is 0. The van der Waals surface area contributed by atoms with E-state index in [0.29, 0.717) is 42.5 Å². The van der Waals surface area contributed by atoms with Crippen LogP contribution in [-0.4, -0.2) is 10.2 Å². The molecule has 0 heterocycles. The molecule has 1 unspecified atom stereocenters. The Balaban J connectivity index is 2.19. The first-order valence-electron chi connectivity index (χ1n) is 11.6. The summed E-state index contributed by atoms with van der Waals surface area (Å²) in [5.74, 6) is -1.07. The first kappa shape index (κ1) is 30.1. The zero-order valence-corrected chi connectivity index (χ0v) is 20.4. The Bertz CT molecular complexity index is 1500. The van der Waals surface area contributed by atoms with Crippen LogP contribution in [0.2, 0.25) is 0 Å². The van der Waals surface area contributed by atoms with E-state index < -0.39 is 74.5 Å². The van der Waals surface area contributed by atoms with E-state index in [-0.39, 0.29) is 0 Å². The smallest absolute Gasteiger partial charge is 0.377 e. The first-order valence-corrected chi connectivity index (χ1v) is 11.6. The molecule has 0 aromatic heterocycles. The highest BCUT2D eigenvalue weighted by Gasteiger charge is 2.55. The lowest BCUT2D eigenvalue weighted by Gasteiger charge is -2.45. The Morgan fingerprint density at radius 2 is 0.610 bits per heavy atom. The van der Waals surface area contributed by atoms with E-state index in [1.165, 1.54) is 0 Å². The molecular weight excluding hydrogens is 570 g/mol. The molecule has 216 valence electrons. The minimum atomic E-state index is -5.03. The van der Waals surface area contributed by atoms with E-state index in [1.807, 2.05) is 0 Å². The van der Waals surface area contributed by atoms with Crippen LogP contribution in [0.25, 0.3) is 0 Å². The van der Waals surface area contributed by atoms with Crippen LogP contribution in [0.4, 0.5) is 43.9 Å². The Hall–Kier alpha value is -3.90. The van der Waals surface area contributed by atoms with Crippen LogP contribution in [-0.2, 0) is 29.7 Å². The second-order valence-electron chi connectivity index (χ2n) is 9.17. The van der Waals surface area contributed by atoms with Crippen molar-refractivity contribution < 1.29 is 54.1 Å². The maximum atomic E-state index is 14.4. The second kappa shape index (κ2) is 10.2. The maximum Gasteiger partial charge on any atom is 0.416 e. The van der Waals surface area contributed by atoms with Gasteiger partial charge in [0.25, 0.3) is 0 Å². The van der Waals surface area contributed by atoms with Gasteiger partial charge in [0, 0.05) is 0 Å². The number of benzene rings is 4. The molecule has 0 radical (unpaired) electrons. The van der Waals surface area contributed by atoms with Gasteiger partial charge in [-0.05, 0) is 70.8 Å². The van der Waals surface area contributed by atoms with Gasteiger partial charge in [-0.1, -0.05) is 48.5 Å². The maximum absolute atomic E-state index is 14.4. The van der Waals surface area contributed by atoms with Gasteiger partial charge in [-0.25, -0.2) is 4.39 Å². The fraction of sp³-hybridized carbons (Fsp3) is 0.172. The van der Waals surface area contributed by atoms with Crippen molar-refractivity contribution in [3.8, 4) is 0 Å². The molecule has 0 aliphatic carbocycles. The minimum Gasteiger partial charge on any atom is -0.377 e. The van der Waals surface area contributed by atoms with Gasteiger partial charge in [-0.2, -0.15) is 39.5 Å². The number of halogens is 10. The van der Waals surface area contributed by atoms with Gasteiger partial charge in [0.2, 0.25) is 0 Å². The largest absolute Gasteiger partial charge is 0.416 e. The highest BCUT2D eigenvalue weighted by Crippen LogP contribution is 2.51. The summed E-state index contributed by atoms with van der Waals surface area (Å²) in [6, 6.07) is 11.3. The molecule has 0 spiro atoms. The third-order valence-electron chi connectivity index (χ3n) is 6.59. The van der Waals surface area contributed by atoms with Gasteiger partial charge in [0.1, 0.15) is 5.82 Å². The lowest BCUT2D eigenvalue weighted by Crippen LogP contribution is -2.51. The molecule has 0 amide bonds. The van der Waals surface area contributed by atoms with Gasteiger partial charge in [0.15, 0.2) is 11.2 Å². The normalized spacial score (nSPS) is 14.5. The zero-order valence-electron chi connectivity index (χ0n) is 20.4. The van der Waals surface area contributed by atoms with E-state index in [2.05, 4.69) is 0 Å². The first-order chi connectivity index (χ1) is 18.9. The third kappa shape index (κ3) is 5.53. The molecule has 4 aromatic rings. The van der Waals surface area contributed by atoms with Crippen molar-refractivity contribution in [2.75, 3.05) is 0 Å². The van der Waals surface area contributed by atoms with Gasteiger partial charge in [0.05, 0.1) is 16.7 Å². The molecule has 0 saturated heterocycles. The monoisotopic (exact) mass is 588 g/mol. The predicted octanol–water partition coefficient (Wildman–Crippen LogP) is 8.05. The molecule has 4 rings (SSSR count). The van der Waals surface area contributed by atoms with Crippen molar-refractivity contribution in [3.63, 3.8) is 0 Å². The molecule has 12 heteroatoms. The summed E-state index contributed by atoms with van der Waals surface area (Å²) in [7, 11) is 0. The average Bonchev–Trinajstić information content (AvgIpc) is 2.91. The average molecular weight is 588 g/mol. The summed E-state index contributed by atoms with van der Waals surface area (Å²) in [6.45, 7) is 0. The fourth-order valence-corrected chi connectivity index (χ4v) is 4.64. The van der Waals surface area contributed by atoms with E-state index in [9.17, 15) is 54.1 Å². The number of hydrogen-bond donors (Lipinski definition) is 2. The molecule has 0 fully saturated rings. The number of alkyl halides is 9. The molecular formula is C29H18F10O2. The van der Waals surface area contributed by atoms with Crippen LogP contribution in [0.15, 0.2) is 97.1 Å². The molecule has 2 nitrogen and oxygen atoms in total. The van der Waals surface area contributed by atoms with Crippen LogP contribution < -0.4 is 0 Å². The van der Waals surface area contributed by atoms with Crippen molar-refractivity contribution >= 4 is 0 Å². The lowest BCUT2D eigenvalue weighted by atomic mass is 9.66.